The van der Waals surface area contributed by atoms with Gasteiger partial charge in [-0.25, -0.2) is 9.59 Å². The van der Waals surface area contributed by atoms with Crippen LogP contribution in [0.3, 0.4) is 0 Å². The van der Waals surface area contributed by atoms with Gasteiger partial charge in [0.2, 0.25) is 0 Å². The second-order valence-corrected chi connectivity index (χ2v) is 3.18. The summed E-state index contributed by atoms with van der Waals surface area (Å²) < 4.78 is 0. The van der Waals surface area contributed by atoms with Gasteiger partial charge in [0.25, 0.3) is 0 Å². The van der Waals surface area contributed by atoms with Crippen LogP contribution in [0.25, 0.3) is 0 Å². The summed E-state index contributed by atoms with van der Waals surface area (Å²) in [5.41, 5.74) is 0. The second-order valence-electron chi connectivity index (χ2n) is 3.18. The number of urea groups is 1. The Kier molecular flexibility index (Phi) is 5.65. The van der Waals surface area contributed by atoms with Crippen molar-refractivity contribution in [2.75, 3.05) is 20.2 Å². The Labute approximate surface area is 87.3 Å². The molecule has 0 spiro atoms. The lowest BCUT2D eigenvalue weighted by Crippen LogP contribution is -2.47. The van der Waals surface area contributed by atoms with Crippen LogP contribution in [-0.4, -0.2) is 64.6 Å². The van der Waals surface area contributed by atoms with Crippen molar-refractivity contribution < 1.29 is 24.9 Å². The summed E-state index contributed by atoms with van der Waals surface area (Å²) in [6.45, 7) is 1.08. The van der Waals surface area contributed by atoms with Crippen LogP contribution in [-0.2, 0) is 4.79 Å². The first-order valence-corrected chi connectivity index (χ1v) is 4.42. The normalized spacial score (nSPS) is 14.1. The highest BCUT2D eigenvalue weighted by Gasteiger charge is 2.18. The van der Waals surface area contributed by atoms with Gasteiger partial charge in [-0.2, -0.15) is 0 Å². The topological polar surface area (TPSA) is 110 Å². The zero-order valence-corrected chi connectivity index (χ0v) is 8.67. The van der Waals surface area contributed by atoms with E-state index < -0.39 is 18.1 Å². The summed E-state index contributed by atoms with van der Waals surface area (Å²) in [6, 6.07) is -0.913. The van der Waals surface area contributed by atoms with Crippen molar-refractivity contribution in [3.05, 3.63) is 0 Å². The van der Waals surface area contributed by atoms with Crippen molar-refractivity contribution in [1.82, 2.24) is 10.2 Å². The molecule has 0 rings (SSSR count). The molecule has 2 unspecified atom stereocenters. The molecule has 0 aliphatic carbocycles. The lowest BCUT2D eigenvalue weighted by Gasteiger charge is -2.23. The summed E-state index contributed by atoms with van der Waals surface area (Å²) in [4.78, 5) is 22.7. The van der Waals surface area contributed by atoms with Crippen molar-refractivity contribution in [3.63, 3.8) is 0 Å². The van der Waals surface area contributed by atoms with E-state index in [9.17, 15) is 9.59 Å². The summed E-state index contributed by atoms with van der Waals surface area (Å²) in [6.07, 6.45) is -1.62. The van der Waals surface area contributed by atoms with Crippen LogP contribution in [0.5, 0.6) is 0 Å². The van der Waals surface area contributed by atoms with E-state index in [4.69, 9.17) is 15.3 Å². The fourth-order valence-corrected chi connectivity index (χ4v) is 0.719. The number of carbonyl (C=O) groups is 2. The Morgan fingerprint density at radius 2 is 2.00 bits per heavy atom. The van der Waals surface area contributed by atoms with Crippen LogP contribution in [0.2, 0.25) is 0 Å². The summed E-state index contributed by atoms with van der Waals surface area (Å²) >= 11 is 0. The number of aliphatic hydroxyl groups excluding tert-OH is 2. The maximum absolute atomic E-state index is 11.3. The van der Waals surface area contributed by atoms with Gasteiger partial charge in [0.1, 0.15) is 0 Å². The van der Waals surface area contributed by atoms with Gasteiger partial charge < -0.3 is 25.5 Å². The molecule has 2 atom stereocenters. The zero-order valence-electron chi connectivity index (χ0n) is 8.67. The van der Waals surface area contributed by atoms with E-state index in [-0.39, 0.29) is 19.2 Å². The number of nitrogens with zero attached hydrogens (tertiary/aromatic N) is 1. The van der Waals surface area contributed by atoms with E-state index in [1.807, 2.05) is 0 Å². The molecule has 0 fully saturated rings. The van der Waals surface area contributed by atoms with E-state index in [1.54, 1.807) is 6.92 Å². The molecular formula is C8H16N2O5. The first-order valence-electron chi connectivity index (χ1n) is 4.42. The Morgan fingerprint density at radius 3 is 2.40 bits per heavy atom. The third-order valence-electron chi connectivity index (χ3n) is 1.98. The number of aliphatic carboxylic acids is 1. The minimum atomic E-state index is -1.62. The number of carbonyl (C=O) groups excluding carboxylic acids is 1. The molecule has 88 valence electrons. The number of amides is 2. The number of aliphatic hydroxyl groups is 2. The molecular weight excluding hydrogens is 204 g/mol. The molecule has 7 heteroatoms. The Morgan fingerprint density at radius 1 is 1.47 bits per heavy atom. The van der Waals surface area contributed by atoms with Crippen molar-refractivity contribution in [3.8, 4) is 0 Å². The number of hydrogen-bond donors (Lipinski definition) is 4. The average Bonchev–Trinajstić information content (AvgIpc) is 2.22. The van der Waals surface area contributed by atoms with E-state index in [2.05, 4.69) is 5.32 Å². The molecule has 0 bridgehead atoms. The predicted molar refractivity (Wildman–Crippen MR) is 51.4 cm³/mol. The third kappa shape index (κ3) is 4.61. The Hall–Kier alpha value is -1.34. The van der Waals surface area contributed by atoms with Crippen LogP contribution in [0.1, 0.15) is 6.92 Å². The molecule has 0 aromatic heterocycles. The molecule has 4 N–H and O–H groups in total. The fourth-order valence-electron chi connectivity index (χ4n) is 0.719. The first kappa shape index (κ1) is 13.7. The van der Waals surface area contributed by atoms with E-state index >= 15 is 0 Å². The maximum Gasteiger partial charge on any atom is 0.334 e. The average molecular weight is 220 g/mol. The molecule has 0 saturated carbocycles. The van der Waals surface area contributed by atoms with Crippen LogP contribution in [0.15, 0.2) is 0 Å². The largest absolute Gasteiger partial charge is 0.479 e. The zero-order chi connectivity index (χ0) is 12.0. The second kappa shape index (κ2) is 6.20. The molecule has 0 aliphatic rings. The third-order valence-corrected chi connectivity index (χ3v) is 1.98. The van der Waals surface area contributed by atoms with Crippen molar-refractivity contribution in [2.45, 2.75) is 19.1 Å². The van der Waals surface area contributed by atoms with Gasteiger partial charge in [0.05, 0.1) is 19.2 Å². The monoisotopic (exact) mass is 220 g/mol. The van der Waals surface area contributed by atoms with Gasteiger partial charge in [0.15, 0.2) is 6.10 Å². The summed E-state index contributed by atoms with van der Waals surface area (Å²) in [5, 5.41) is 28.2. The van der Waals surface area contributed by atoms with Gasteiger partial charge in [-0.3, -0.25) is 0 Å². The smallest absolute Gasteiger partial charge is 0.334 e. The van der Waals surface area contributed by atoms with Crippen molar-refractivity contribution >= 4 is 12.0 Å². The number of nitrogens with one attached hydrogen (secondary N) is 1. The van der Waals surface area contributed by atoms with Gasteiger partial charge in [-0.05, 0) is 6.92 Å². The predicted octanol–water partition coefficient (Wildman–Crippen LogP) is -1.55. The van der Waals surface area contributed by atoms with Gasteiger partial charge in [0, 0.05) is 7.05 Å². The van der Waals surface area contributed by atoms with Crippen LogP contribution < -0.4 is 5.32 Å². The lowest BCUT2D eigenvalue weighted by molar-refractivity contribution is -0.146. The number of hydrogen-bond acceptors (Lipinski definition) is 4. The van der Waals surface area contributed by atoms with E-state index in [1.165, 1.54) is 11.9 Å². The maximum atomic E-state index is 11.3. The quantitative estimate of drug-likeness (QED) is 0.448. The molecule has 0 heterocycles. The summed E-state index contributed by atoms with van der Waals surface area (Å²) in [7, 11) is 1.46. The first-order chi connectivity index (χ1) is 6.90. The van der Waals surface area contributed by atoms with Crippen molar-refractivity contribution in [2.24, 2.45) is 0 Å². The van der Waals surface area contributed by atoms with Crippen LogP contribution in [0.4, 0.5) is 4.79 Å². The molecule has 0 aromatic carbocycles. The van der Waals surface area contributed by atoms with Gasteiger partial charge in [-0.15, -0.1) is 0 Å². The SMILES string of the molecule is CC(CO)N(C)C(=O)NCC(O)C(=O)O. The number of likely N-dealkylation sites (N-methyl/N-ethyl adjacent to an activating group) is 1. The molecule has 0 aliphatic heterocycles. The highest BCUT2D eigenvalue weighted by molar-refractivity contribution is 5.76. The number of carboxylic acids is 1. The fraction of sp³-hybridized carbons (Fsp3) is 0.750. The van der Waals surface area contributed by atoms with E-state index in [0.717, 1.165) is 0 Å². The van der Waals surface area contributed by atoms with Crippen LogP contribution in [0, 0.1) is 0 Å². The number of carboxylic acid groups (broad SMARTS) is 1. The van der Waals surface area contributed by atoms with E-state index in [0.29, 0.717) is 0 Å². The minimum absolute atomic E-state index is 0.189. The molecule has 15 heavy (non-hydrogen) atoms. The van der Waals surface area contributed by atoms with Crippen molar-refractivity contribution in [1.29, 1.82) is 0 Å². The minimum Gasteiger partial charge on any atom is -0.479 e. The highest BCUT2D eigenvalue weighted by atomic mass is 16.4. The standard InChI is InChI=1S/C8H16N2O5/c1-5(4-11)10(2)8(15)9-3-6(12)7(13)14/h5-6,11-12H,3-4H2,1-2H3,(H,9,15)(H,13,14). The Balaban J connectivity index is 3.98. The van der Waals surface area contributed by atoms with Gasteiger partial charge >= 0.3 is 12.0 Å². The van der Waals surface area contributed by atoms with Crippen LogP contribution >= 0.6 is 0 Å². The van der Waals surface area contributed by atoms with Gasteiger partial charge in [-0.1, -0.05) is 0 Å². The molecule has 2 amide bonds. The molecule has 0 aromatic rings. The Bertz CT molecular complexity index is 233. The lowest BCUT2D eigenvalue weighted by atomic mass is 10.3. The highest BCUT2D eigenvalue weighted by Crippen LogP contribution is 1.94. The summed E-state index contributed by atoms with van der Waals surface area (Å²) in [5.74, 6) is -1.40. The number of rotatable bonds is 5. The molecule has 7 nitrogen and oxygen atoms in total. The molecule has 0 radical (unpaired) electrons. The molecule has 0 saturated heterocycles.